The molecule has 0 aromatic heterocycles. The molecule has 8 N–H and O–H groups in total. The number of aromatic hydroxyl groups is 2. The summed E-state index contributed by atoms with van der Waals surface area (Å²) < 4.78 is 15.8. The first kappa shape index (κ1) is 25.1. The Labute approximate surface area is 187 Å². The molecular formula is C21H26O12. The number of esters is 1. The number of hydrogen-bond acceptors (Lipinski definition) is 12. The van der Waals surface area contributed by atoms with Crippen molar-refractivity contribution in [1.82, 2.24) is 0 Å². The highest BCUT2D eigenvalue weighted by Gasteiger charge is 2.47. The van der Waals surface area contributed by atoms with Crippen molar-refractivity contribution in [3.63, 3.8) is 0 Å². The third-order valence-corrected chi connectivity index (χ3v) is 5.31. The Morgan fingerprint density at radius 2 is 1.70 bits per heavy atom. The van der Waals surface area contributed by atoms with Crippen LogP contribution in [0, 0.1) is 0 Å². The van der Waals surface area contributed by atoms with Gasteiger partial charge < -0.3 is 55.1 Å². The Balaban J connectivity index is 1.64. The van der Waals surface area contributed by atoms with E-state index in [2.05, 4.69) is 0 Å². The van der Waals surface area contributed by atoms with E-state index in [0.29, 0.717) is 5.56 Å². The first-order chi connectivity index (χ1) is 15.6. The van der Waals surface area contributed by atoms with Crippen molar-refractivity contribution in [2.45, 2.75) is 55.1 Å². The van der Waals surface area contributed by atoms with Crippen molar-refractivity contribution < 1.29 is 59.9 Å². The summed E-state index contributed by atoms with van der Waals surface area (Å²) in [5.74, 6) is -1.66. The molecule has 0 bridgehead atoms. The highest BCUT2D eigenvalue weighted by Crippen LogP contribution is 2.28. The molecule has 9 atom stereocenters. The van der Waals surface area contributed by atoms with E-state index < -0.39 is 67.7 Å². The van der Waals surface area contributed by atoms with Gasteiger partial charge in [-0.1, -0.05) is 18.2 Å². The minimum absolute atomic E-state index is 0.333. The van der Waals surface area contributed by atoms with Crippen LogP contribution in [0.1, 0.15) is 5.56 Å². The summed E-state index contributed by atoms with van der Waals surface area (Å²) in [5.41, 5.74) is 0.371. The zero-order valence-corrected chi connectivity index (χ0v) is 17.2. The Kier molecular flexibility index (Phi) is 8.05. The van der Waals surface area contributed by atoms with Gasteiger partial charge in [-0.3, -0.25) is 0 Å². The summed E-state index contributed by atoms with van der Waals surface area (Å²) >= 11 is 0. The molecule has 1 saturated heterocycles. The number of aliphatic hydroxyl groups excluding tert-OH is 6. The van der Waals surface area contributed by atoms with Gasteiger partial charge in [-0.05, 0) is 23.8 Å². The monoisotopic (exact) mass is 470 g/mol. The summed E-state index contributed by atoms with van der Waals surface area (Å²) in [6, 6.07) is 3.85. The molecule has 12 nitrogen and oxygen atoms in total. The van der Waals surface area contributed by atoms with Crippen LogP contribution in [0.2, 0.25) is 0 Å². The number of aliphatic hydroxyl groups is 6. The second-order valence-electron chi connectivity index (χ2n) is 7.65. The maximum absolute atomic E-state index is 12.2. The minimum atomic E-state index is -1.71. The lowest BCUT2D eigenvalue weighted by atomic mass is 9.95. The third kappa shape index (κ3) is 5.69. The van der Waals surface area contributed by atoms with Crippen molar-refractivity contribution >= 4 is 12.0 Å². The van der Waals surface area contributed by atoms with E-state index in [1.165, 1.54) is 36.4 Å². The standard InChI is InChI=1S/C21H26O12/c22-8-14-16(27)18(29)19(30)21(32-14)31-13-5-4-11(24)20(17(13)28)33-15(26)6-2-9-1-3-10(23)12(25)7-9/h1-7,11,13-14,16-25,27-30H,8H2/b6-2+/t11-,13-,14-,16+,17-,18+,19+,20-,21-/m0/s1. The van der Waals surface area contributed by atoms with Gasteiger partial charge in [0.1, 0.15) is 42.7 Å². The highest BCUT2D eigenvalue weighted by molar-refractivity contribution is 5.87. The smallest absolute Gasteiger partial charge is 0.331 e. The molecule has 1 aliphatic heterocycles. The molecule has 0 unspecified atom stereocenters. The van der Waals surface area contributed by atoms with Crippen LogP contribution in [0.4, 0.5) is 0 Å². The van der Waals surface area contributed by atoms with E-state index in [-0.39, 0.29) is 11.5 Å². The van der Waals surface area contributed by atoms with E-state index in [1.807, 2.05) is 0 Å². The van der Waals surface area contributed by atoms with E-state index in [0.717, 1.165) is 6.08 Å². The summed E-state index contributed by atoms with van der Waals surface area (Å²) in [7, 11) is 0. The second kappa shape index (κ2) is 10.6. The molecule has 0 radical (unpaired) electrons. The van der Waals surface area contributed by atoms with Crippen molar-refractivity contribution in [3.05, 3.63) is 42.0 Å². The van der Waals surface area contributed by atoms with Crippen LogP contribution in [0.25, 0.3) is 6.08 Å². The molecule has 1 aromatic carbocycles. The van der Waals surface area contributed by atoms with Gasteiger partial charge in [0.05, 0.1) is 6.61 Å². The van der Waals surface area contributed by atoms with Gasteiger partial charge in [-0.15, -0.1) is 0 Å². The molecular weight excluding hydrogens is 444 g/mol. The first-order valence-electron chi connectivity index (χ1n) is 10.0. The van der Waals surface area contributed by atoms with Crippen molar-refractivity contribution in [1.29, 1.82) is 0 Å². The SMILES string of the molecule is O=C(/C=C/c1ccc(O)c(O)c1)O[C@@H]1[C@@H](O)[C@@H](O[C@H]2O[C@@H](CO)[C@@H](O)[C@@H](O)[C@H]2O)C=C[C@@H]1O. The van der Waals surface area contributed by atoms with Crippen LogP contribution in [0.5, 0.6) is 11.5 Å². The van der Waals surface area contributed by atoms with Gasteiger partial charge in [0.2, 0.25) is 0 Å². The predicted molar refractivity (Wildman–Crippen MR) is 108 cm³/mol. The fourth-order valence-electron chi connectivity index (χ4n) is 3.42. The molecule has 1 aliphatic carbocycles. The molecule has 2 aliphatic rings. The van der Waals surface area contributed by atoms with Gasteiger partial charge in [0.25, 0.3) is 0 Å². The van der Waals surface area contributed by atoms with Crippen molar-refractivity contribution in [2.75, 3.05) is 6.61 Å². The van der Waals surface area contributed by atoms with Crippen LogP contribution in [-0.4, -0.2) is 109 Å². The Morgan fingerprint density at radius 3 is 2.36 bits per heavy atom. The van der Waals surface area contributed by atoms with E-state index in [9.17, 15) is 45.6 Å². The maximum atomic E-state index is 12.2. The average molecular weight is 470 g/mol. The van der Waals surface area contributed by atoms with Crippen LogP contribution < -0.4 is 0 Å². The van der Waals surface area contributed by atoms with Crippen LogP contribution in [-0.2, 0) is 19.0 Å². The summed E-state index contributed by atoms with van der Waals surface area (Å²) in [4.78, 5) is 12.2. The number of phenolic OH excluding ortho intramolecular Hbond substituents is 2. The average Bonchev–Trinajstić information content (AvgIpc) is 2.79. The highest BCUT2D eigenvalue weighted by atomic mass is 16.7. The molecule has 0 saturated carbocycles. The molecule has 1 aromatic rings. The van der Waals surface area contributed by atoms with Gasteiger partial charge in [0, 0.05) is 6.08 Å². The number of benzene rings is 1. The largest absolute Gasteiger partial charge is 0.504 e. The number of hydrogen-bond donors (Lipinski definition) is 8. The minimum Gasteiger partial charge on any atom is -0.504 e. The summed E-state index contributed by atoms with van der Waals surface area (Å²) in [5, 5.41) is 78.5. The van der Waals surface area contributed by atoms with E-state index in [4.69, 9.17) is 14.2 Å². The van der Waals surface area contributed by atoms with Crippen LogP contribution >= 0.6 is 0 Å². The number of rotatable bonds is 6. The maximum Gasteiger partial charge on any atom is 0.331 e. The zero-order valence-electron chi connectivity index (χ0n) is 17.2. The van der Waals surface area contributed by atoms with Crippen molar-refractivity contribution in [3.8, 4) is 11.5 Å². The third-order valence-electron chi connectivity index (χ3n) is 5.31. The quantitative estimate of drug-likeness (QED) is 0.0940. The lowest BCUT2D eigenvalue weighted by Crippen LogP contribution is -2.61. The molecule has 12 heteroatoms. The first-order valence-corrected chi connectivity index (χ1v) is 10.0. The molecule has 1 fully saturated rings. The summed E-state index contributed by atoms with van der Waals surface area (Å²) in [6.45, 7) is -0.669. The fourth-order valence-corrected chi connectivity index (χ4v) is 3.42. The molecule has 0 spiro atoms. The lowest BCUT2D eigenvalue weighted by Gasteiger charge is -2.42. The van der Waals surface area contributed by atoms with Gasteiger partial charge >= 0.3 is 5.97 Å². The molecule has 33 heavy (non-hydrogen) atoms. The van der Waals surface area contributed by atoms with Gasteiger partial charge in [-0.2, -0.15) is 0 Å². The fraction of sp³-hybridized carbons (Fsp3) is 0.476. The number of carbonyl (C=O) groups is 1. The number of phenols is 2. The number of carbonyl (C=O) groups excluding carboxylic acids is 1. The lowest BCUT2D eigenvalue weighted by molar-refractivity contribution is -0.315. The molecule has 1 heterocycles. The number of ether oxygens (including phenoxy) is 3. The molecule has 0 amide bonds. The Morgan fingerprint density at radius 1 is 0.970 bits per heavy atom. The Hall–Kier alpha value is -2.55. The summed E-state index contributed by atoms with van der Waals surface area (Å²) in [6.07, 6.45) is -8.74. The van der Waals surface area contributed by atoms with E-state index in [1.54, 1.807) is 0 Å². The molecule has 3 rings (SSSR count). The van der Waals surface area contributed by atoms with E-state index >= 15 is 0 Å². The van der Waals surface area contributed by atoms with Crippen LogP contribution in [0.3, 0.4) is 0 Å². The van der Waals surface area contributed by atoms with Gasteiger partial charge in [-0.25, -0.2) is 4.79 Å². The zero-order chi connectivity index (χ0) is 24.3. The Bertz CT molecular complexity index is 884. The van der Waals surface area contributed by atoms with Gasteiger partial charge in [0.15, 0.2) is 23.9 Å². The molecule has 182 valence electrons. The topological polar surface area (TPSA) is 207 Å². The predicted octanol–water partition coefficient (Wildman–Crippen LogP) is -2.50. The van der Waals surface area contributed by atoms with Crippen molar-refractivity contribution in [2.24, 2.45) is 0 Å². The normalized spacial score (nSPS) is 36.7. The second-order valence-corrected chi connectivity index (χ2v) is 7.65. The van der Waals surface area contributed by atoms with Crippen LogP contribution in [0.15, 0.2) is 36.4 Å².